The lowest BCUT2D eigenvalue weighted by Gasteiger charge is -2.43. The zero-order valence-corrected chi connectivity index (χ0v) is 12.8. The lowest BCUT2D eigenvalue weighted by atomic mass is 9.68. The smallest absolute Gasteiger partial charge is 0.0922 e. The standard InChI is InChI=1S/C18H19N5/c1-2-10-5-9(1)15-16(10)18(14-7-19-8-20-14)22-13-4-3-12-11(17(13)15)6-21-23-12/h3-4,6-10,15-16,18,22H,1-2,5H2,(H,19,20)(H,21,23). The van der Waals surface area contributed by atoms with E-state index < -0.39 is 0 Å². The van der Waals surface area contributed by atoms with Gasteiger partial charge in [-0.3, -0.25) is 5.10 Å². The normalized spacial score (nSPS) is 34.3. The van der Waals surface area contributed by atoms with Crippen LogP contribution in [0.25, 0.3) is 10.9 Å². The summed E-state index contributed by atoms with van der Waals surface area (Å²) in [7, 11) is 0. The third kappa shape index (κ3) is 1.47. The fraction of sp³-hybridized carbons (Fsp3) is 0.444. The van der Waals surface area contributed by atoms with Crippen molar-refractivity contribution in [2.24, 2.45) is 17.8 Å². The number of anilines is 1. The number of benzene rings is 1. The van der Waals surface area contributed by atoms with Gasteiger partial charge in [-0.15, -0.1) is 0 Å². The van der Waals surface area contributed by atoms with Gasteiger partial charge in [0.15, 0.2) is 0 Å². The largest absolute Gasteiger partial charge is 0.376 e. The van der Waals surface area contributed by atoms with Gasteiger partial charge in [0.1, 0.15) is 0 Å². The predicted octanol–water partition coefficient (Wildman–Crippen LogP) is 3.58. The maximum absolute atomic E-state index is 4.29. The lowest BCUT2D eigenvalue weighted by molar-refractivity contribution is 0.246. The van der Waals surface area contributed by atoms with E-state index in [0.717, 1.165) is 17.4 Å². The number of nitrogens with zero attached hydrogens (tertiary/aromatic N) is 2. The Balaban J connectivity index is 1.60. The highest BCUT2D eigenvalue weighted by atomic mass is 15.1. The number of aromatic amines is 2. The Bertz CT molecular complexity index is 880. The first-order valence-electron chi connectivity index (χ1n) is 8.61. The average Bonchev–Trinajstić information content (AvgIpc) is 3.37. The van der Waals surface area contributed by atoms with Crippen molar-refractivity contribution < 1.29 is 0 Å². The van der Waals surface area contributed by atoms with Crippen molar-refractivity contribution in [1.82, 2.24) is 20.2 Å². The minimum absolute atomic E-state index is 0.356. The second kappa shape index (κ2) is 4.16. The van der Waals surface area contributed by atoms with Gasteiger partial charge in [0, 0.05) is 11.1 Å². The highest BCUT2D eigenvalue weighted by Gasteiger charge is 2.54. The molecular weight excluding hydrogens is 286 g/mol. The fourth-order valence-electron chi connectivity index (χ4n) is 5.75. The Morgan fingerprint density at radius 1 is 1.09 bits per heavy atom. The summed E-state index contributed by atoms with van der Waals surface area (Å²) < 4.78 is 0. The molecule has 0 radical (unpaired) electrons. The Kier molecular flexibility index (Phi) is 2.20. The van der Waals surface area contributed by atoms with E-state index in [9.17, 15) is 0 Å². The summed E-state index contributed by atoms with van der Waals surface area (Å²) in [6, 6.07) is 4.72. The van der Waals surface area contributed by atoms with E-state index in [4.69, 9.17) is 0 Å². The van der Waals surface area contributed by atoms with Crippen LogP contribution in [0, 0.1) is 17.8 Å². The minimum Gasteiger partial charge on any atom is -0.376 e. The van der Waals surface area contributed by atoms with Crippen molar-refractivity contribution in [2.75, 3.05) is 5.32 Å². The molecule has 0 amide bonds. The highest BCUT2D eigenvalue weighted by molar-refractivity contribution is 5.88. The van der Waals surface area contributed by atoms with Crippen LogP contribution in [0.1, 0.15) is 42.5 Å². The minimum atomic E-state index is 0.356. The van der Waals surface area contributed by atoms with Crippen LogP contribution < -0.4 is 5.32 Å². The van der Waals surface area contributed by atoms with Crippen molar-refractivity contribution in [3.8, 4) is 0 Å². The number of hydrogen-bond donors (Lipinski definition) is 3. The Morgan fingerprint density at radius 3 is 2.96 bits per heavy atom. The molecule has 116 valence electrons. The van der Waals surface area contributed by atoms with Gasteiger partial charge < -0.3 is 10.3 Å². The summed E-state index contributed by atoms with van der Waals surface area (Å²) in [6.45, 7) is 0. The van der Waals surface area contributed by atoms with E-state index in [1.807, 2.05) is 12.4 Å². The van der Waals surface area contributed by atoms with Crippen LogP contribution in [0.15, 0.2) is 30.9 Å². The van der Waals surface area contributed by atoms with Gasteiger partial charge in [-0.2, -0.15) is 5.10 Å². The summed E-state index contributed by atoms with van der Waals surface area (Å²) in [6.07, 6.45) is 9.95. The molecule has 5 unspecified atom stereocenters. The Labute approximate surface area is 133 Å². The molecular formula is C18H19N5. The van der Waals surface area contributed by atoms with Crippen LogP contribution in [0.3, 0.4) is 0 Å². The molecule has 3 aromatic rings. The second-order valence-corrected chi connectivity index (χ2v) is 7.42. The number of nitrogens with one attached hydrogen (secondary N) is 3. The molecule has 0 spiro atoms. The second-order valence-electron chi connectivity index (χ2n) is 7.42. The van der Waals surface area contributed by atoms with Gasteiger partial charge in [-0.1, -0.05) is 0 Å². The van der Waals surface area contributed by atoms with Gasteiger partial charge in [-0.05, 0) is 60.6 Å². The molecule has 0 saturated heterocycles. The highest BCUT2D eigenvalue weighted by Crippen LogP contribution is 2.64. The van der Waals surface area contributed by atoms with Crippen LogP contribution >= 0.6 is 0 Å². The van der Waals surface area contributed by atoms with E-state index in [1.165, 1.54) is 41.6 Å². The van der Waals surface area contributed by atoms with Crippen LogP contribution in [0.5, 0.6) is 0 Å². The topological polar surface area (TPSA) is 69.4 Å². The zero-order valence-electron chi connectivity index (χ0n) is 12.8. The summed E-state index contributed by atoms with van der Waals surface area (Å²) >= 11 is 0. The molecule has 5 nitrogen and oxygen atoms in total. The van der Waals surface area contributed by atoms with Crippen LogP contribution in [0.4, 0.5) is 5.69 Å². The molecule has 2 aromatic heterocycles. The molecule has 2 saturated carbocycles. The molecule has 5 heteroatoms. The van der Waals surface area contributed by atoms with Gasteiger partial charge in [0.25, 0.3) is 0 Å². The van der Waals surface area contributed by atoms with Crippen LogP contribution in [-0.2, 0) is 0 Å². The third-order valence-corrected chi connectivity index (χ3v) is 6.53. The molecule has 2 fully saturated rings. The maximum atomic E-state index is 4.29. The summed E-state index contributed by atoms with van der Waals surface area (Å²) in [5, 5.41) is 12.6. The first-order valence-corrected chi connectivity index (χ1v) is 8.61. The van der Waals surface area contributed by atoms with Gasteiger partial charge >= 0.3 is 0 Å². The number of hydrogen-bond acceptors (Lipinski definition) is 3. The predicted molar refractivity (Wildman–Crippen MR) is 88.1 cm³/mol. The van der Waals surface area contributed by atoms with Gasteiger partial charge in [0.2, 0.25) is 0 Å². The van der Waals surface area contributed by atoms with Crippen LogP contribution in [0.2, 0.25) is 0 Å². The zero-order chi connectivity index (χ0) is 15.0. The van der Waals surface area contributed by atoms with E-state index in [1.54, 1.807) is 6.33 Å². The van der Waals surface area contributed by atoms with Crippen molar-refractivity contribution in [2.45, 2.75) is 31.2 Å². The number of aromatic nitrogens is 4. The number of H-pyrrole nitrogens is 2. The summed E-state index contributed by atoms with van der Waals surface area (Å²) in [5.41, 5.74) is 5.18. The molecule has 6 rings (SSSR count). The van der Waals surface area contributed by atoms with E-state index >= 15 is 0 Å². The molecule has 2 bridgehead atoms. The molecule has 3 N–H and O–H groups in total. The quantitative estimate of drug-likeness (QED) is 0.643. The molecule has 2 aliphatic carbocycles. The Morgan fingerprint density at radius 2 is 2.04 bits per heavy atom. The molecule has 1 aliphatic heterocycles. The average molecular weight is 305 g/mol. The lowest BCUT2D eigenvalue weighted by Crippen LogP contribution is -2.35. The van der Waals surface area contributed by atoms with E-state index in [-0.39, 0.29) is 0 Å². The van der Waals surface area contributed by atoms with Crippen molar-refractivity contribution >= 4 is 16.6 Å². The molecule has 3 heterocycles. The molecule has 23 heavy (non-hydrogen) atoms. The van der Waals surface area contributed by atoms with E-state index in [0.29, 0.717) is 17.9 Å². The van der Waals surface area contributed by atoms with Crippen molar-refractivity contribution in [3.63, 3.8) is 0 Å². The number of rotatable bonds is 1. The van der Waals surface area contributed by atoms with Crippen molar-refractivity contribution in [1.29, 1.82) is 0 Å². The van der Waals surface area contributed by atoms with Crippen LogP contribution in [-0.4, -0.2) is 20.2 Å². The summed E-state index contributed by atoms with van der Waals surface area (Å²) in [4.78, 5) is 7.61. The van der Waals surface area contributed by atoms with E-state index in [2.05, 4.69) is 37.6 Å². The van der Waals surface area contributed by atoms with Crippen molar-refractivity contribution in [3.05, 3.63) is 42.1 Å². The third-order valence-electron chi connectivity index (χ3n) is 6.53. The fourth-order valence-corrected chi connectivity index (χ4v) is 5.75. The van der Waals surface area contributed by atoms with Gasteiger partial charge in [-0.25, -0.2) is 4.98 Å². The summed E-state index contributed by atoms with van der Waals surface area (Å²) in [5.74, 6) is 2.99. The van der Waals surface area contributed by atoms with Gasteiger partial charge in [0.05, 0.1) is 36.0 Å². The monoisotopic (exact) mass is 305 g/mol. The maximum Gasteiger partial charge on any atom is 0.0922 e. The SMILES string of the molecule is c1ncc(C2Nc3ccc4[nH]ncc4c3C3C4CCC(C4)C23)[nH]1. The first-order chi connectivity index (χ1) is 11.4. The molecule has 3 aliphatic rings. The molecule has 1 aromatic carbocycles. The Hall–Kier alpha value is -2.30. The number of imidazole rings is 1. The molecule has 5 atom stereocenters. The first kappa shape index (κ1) is 12.2. The number of fused-ring (bicyclic) bond motifs is 9.